The summed E-state index contributed by atoms with van der Waals surface area (Å²) in [6.07, 6.45) is 0.0463. The number of aliphatic hydroxyl groups is 1. The molecule has 0 bridgehead atoms. The second-order valence-electron chi connectivity index (χ2n) is 2.10. The van der Waals surface area contributed by atoms with Gasteiger partial charge in [0.15, 0.2) is 0 Å². The molecule has 0 aromatic carbocycles. The van der Waals surface area contributed by atoms with Crippen LogP contribution in [0.4, 0.5) is 0 Å². The zero-order chi connectivity index (χ0) is 8.27. The molecule has 0 atom stereocenters. The third-order valence-electron chi connectivity index (χ3n) is 1.20. The summed E-state index contributed by atoms with van der Waals surface area (Å²) in [4.78, 5) is 11.8. The molecule has 0 aliphatic rings. The minimum atomic E-state index is -0.837. The van der Waals surface area contributed by atoms with Crippen molar-refractivity contribution in [3.8, 4) is 0 Å². The van der Waals surface area contributed by atoms with Crippen LogP contribution < -0.4 is 0 Å². The molecule has 0 fully saturated rings. The molecule has 0 saturated heterocycles. The Morgan fingerprint density at radius 1 is 1.45 bits per heavy atom. The molecule has 3 nitrogen and oxygen atoms in total. The number of carbonyl (C=O) groups is 1. The van der Waals surface area contributed by atoms with Crippen molar-refractivity contribution >= 4 is 17.3 Å². The molecule has 0 aliphatic heterocycles. The number of aliphatic carboxylic acids is 1. The highest BCUT2D eigenvalue weighted by molar-refractivity contribution is 7.12. The van der Waals surface area contributed by atoms with E-state index in [0.29, 0.717) is 0 Å². The zero-order valence-electron chi connectivity index (χ0n) is 5.78. The fourth-order valence-corrected chi connectivity index (χ4v) is 1.62. The second kappa shape index (κ2) is 3.50. The van der Waals surface area contributed by atoms with Crippen LogP contribution >= 0.6 is 11.3 Å². The molecule has 1 aromatic rings. The van der Waals surface area contributed by atoms with Crippen LogP contribution in [0.1, 0.15) is 9.75 Å². The Morgan fingerprint density at radius 3 is 2.55 bits per heavy atom. The number of carboxylic acid groups (broad SMARTS) is 1. The van der Waals surface area contributed by atoms with Gasteiger partial charge in [-0.25, -0.2) is 0 Å². The molecule has 0 unspecified atom stereocenters. The molecular weight excluding hydrogens is 164 g/mol. The monoisotopic (exact) mass is 172 g/mol. The average molecular weight is 172 g/mol. The Bertz CT molecular complexity index is 254. The molecule has 2 N–H and O–H groups in total. The summed E-state index contributed by atoms with van der Waals surface area (Å²) in [5.41, 5.74) is 0. The van der Waals surface area contributed by atoms with Crippen molar-refractivity contribution in [2.24, 2.45) is 0 Å². The van der Waals surface area contributed by atoms with Crippen molar-refractivity contribution in [1.29, 1.82) is 0 Å². The summed E-state index contributed by atoms with van der Waals surface area (Å²) >= 11 is 1.33. The molecule has 0 amide bonds. The van der Waals surface area contributed by atoms with Gasteiger partial charge in [-0.2, -0.15) is 0 Å². The minimum Gasteiger partial charge on any atom is -0.481 e. The van der Waals surface area contributed by atoms with E-state index in [1.165, 1.54) is 11.3 Å². The van der Waals surface area contributed by atoms with Crippen LogP contribution in [-0.2, 0) is 17.8 Å². The summed E-state index contributed by atoms with van der Waals surface area (Å²) in [6.45, 7) is -0.00964. The van der Waals surface area contributed by atoms with E-state index in [0.717, 1.165) is 9.75 Å². The van der Waals surface area contributed by atoms with Crippen LogP contribution in [-0.4, -0.2) is 16.2 Å². The van der Waals surface area contributed by atoms with Crippen molar-refractivity contribution in [1.82, 2.24) is 0 Å². The van der Waals surface area contributed by atoms with Gasteiger partial charge in [0.2, 0.25) is 0 Å². The van der Waals surface area contributed by atoms with Crippen molar-refractivity contribution in [3.05, 3.63) is 21.9 Å². The van der Waals surface area contributed by atoms with Gasteiger partial charge in [0.25, 0.3) is 0 Å². The van der Waals surface area contributed by atoms with Gasteiger partial charge in [0.1, 0.15) is 0 Å². The van der Waals surface area contributed by atoms with E-state index in [1.807, 2.05) is 0 Å². The van der Waals surface area contributed by atoms with E-state index < -0.39 is 5.97 Å². The lowest BCUT2D eigenvalue weighted by Crippen LogP contribution is -1.96. The van der Waals surface area contributed by atoms with Gasteiger partial charge in [-0.05, 0) is 12.1 Å². The molecule has 60 valence electrons. The van der Waals surface area contributed by atoms with Crippen molar-refractivity contribution < 1.29 is 15.0 Å². The fourth-order valence-electron chi connectivity index (χ4n) is 0.751. The number of aliphatic hydroxyl groups excluding tert-OH is 1. The smallest absolute Gasteiger partial charge is 0.308 e. The lowest BCUT2D eigenvalue weighted by molar-refractivity contribution is -0.136. The Hall–Kier alpha value is -0.870. The van der Waals surface area contributed by atoms with E-state index in [1.54, 1.807) is 12.1 Å². The van der Waals surface area contributed by atoms with E-state index >= 15 is 0 Å². The first-order chi connectivity index (χ1) is 5.22. The second-order valence-corrected chi connectivity index (χ2v) is 3.35. The number of hydrogen-bond acceptors (Lipinski definition) is 3. The Labute approximate surface area is 67.9 Å². The van der Waals surface area contributed by atoms with Gasteiger partial charge in [0, 0.05) is 9.75 Å². The predicted octanol–water partition coefficient (Wildman–Crippen LogP) is 0.868. The lowest BCUT2D eigenvalue weighted by Gasteiger charge is -1.87. The first kappa shape index (κ1) is 8.23. The summed E-state index contributed by atoms with van der Waals surface area (Å²) in [5.74, 6) is -0.837. The maximum atomic E-state index is 10.2. The Morgan fingerprint density at radius 2 is 2.09 bits per heavy atom. The third kappa shape index (κ3) is 2.32. The van der Waals surface area contributed by atoms with Gasteiger partial charge in [-0.1, -0.05) is 0 Å². The first-order valence-corrected chi connectivity index (χ1v) is 3.94. The predicted molar refractivity (Wildman–Crippen MR) is 41.6 cm³/mol. The number of hydrogen-bond donors (Lipinski definition) is 2. The van der Waals surface area contributed by atoms with E-state index in [2.05, 4.69) is 0 Å². The highest BCUT2D eigenvalue weighted by atomic mass is 32.1. The Kier molecular flexibility index (Phi) is 2.62. The fraction of sp³-hybridized carbons (Fsp3) is 0.286. The summed E-state index contributed by atoms with van der Waals surface area (Å²) in [5, 5.41) is 17.0. The van der Waals surface area contributed by atoms with Gasteiger partial charge in [-0.15, -0.1) is 11.3 Å². The standard InChI is InChI=1S/C7H8O3S/c8-4-6-2-1-5(11-6)3-7(9)10/h1-2,8H,3-4H2,(H,9,10). The molecule has 1 heterocycles. The molecule has 0 radical (unpaired) electrons. The van der Waals surface area contributed by atoms with Crippen LogP contribution in [0, 0.1) is 0 Å². The quantitative estimate of drug-likeness (QED) is 0.711. The molecule has 1 rings (SSSR count). The Balaban J connectivity index is 2.65. The summed E-state index contributed by atoms with van der Waals surface area (Å²) < 4.78 is 0. The van der Waals surface area contributed by atoms with Crippen LogP contribution in [0.25, 0.3) is 0 Å². The largest absolute Gasteiger partial charge is 0.481 e. The normalized spacial score (nSPS) is 9.91. The first-order valence-electron chi connectivity index (χ1n) is 3.12. The summed E-state index contributed by atoms with van der Waals surface area (Å²) in [7, 11) is 0. The zero-order valence-corrected chi connectivity index (χ0v) is 6.60. The highest BCUT2D eigenvalue weighted by Gasteiger charge is 2.02. The van der Waals surface area contributed by atoms with Gasteiger partial charge < -0.3 is 10.2 Å². The minimum absolute atomic E-state index is 0.00964. The van der Waals surface area contributed by atoms with Gasteiger partial charge in [0.05, 0.1) is 13.0 Å². The van der Waals surface area contributed by atoms with Crippen molar-refractivity contribution in [2.75, 3.05) is 0 Å². The topological polar surface area (TPSA) is 57.5 Å². The third-order valence-corrected chi connectivity index (χ3v) is 2.27. The number of thiophene rings is 1. The molecule has 1 aromatic heterocycles. The molecule has 11 heavy (non-hydrogen) atoms. The van der Waals surface area contributed by atoms with Gasteiger partial charge >= 0.3 is 5.97 Å². The molecule has 0 saturated carbocycles. The molecular formula is C7H8O3S. The van der Waals surface area contributed by atoms with E-state index in [4.69, 9.17) is 10.2 Å². The maximum absolute atomic E-state index is 10.2. The molecule has 0 aliphatic carbocycles. The van der Waals surface area contributed by atoms with E-state index in [9.17, 15) is 4.79 Å². The van der Waals surface area contributed by atoms with Crippen LogP contribution in [0.2, 0.25) is 0 Å². The lowest BCUT2D eigenvalue weighted by atomic mass is 10.3. The summed E-state index contributed by atoms with van der Waals surface area (Å²) in [6, 6.07) is 3.47. The SMILES string of the molecule is O=C(O)Cc1ccc(CO)s1. The van der Waals surface area contributed by atoms with Crippen molar-refractivity contribution in [3.63, 3.8) is 0 Å². The van der Waals surface area contributed by atoms with Crippen LogP contribution in [0.15, 0.2) is 12.1 Å². The molecule has 4 heteroatoms. The van der Waals surface area contributed by atoms with Crippen LogP contribution in [0.5, 0.6) is 0 Å². The number of rotatable bonds is 3. The molecule has 0 spiro atoms. The number of carboxylic acids is 1. The van der Waals surface area contributed by atoms with E-state index in [-0.39, 0.29) is 13.0 Å². The van der Waals surface area contributed by atoms with Gasteiger partial charge in [-0.3, -0.25) is 4.79 Å². The van der Waals surface area contributed by atoms with Crippen molar-refractivity contribution in [2.45, 2.75) is 13.0 Å². The highest BCUT2D eigenvalue weighted by Crippen LogP contribution is 2.16. The van der Waals surface area contributed by atoms with Crippen LogP contribution in [0.3, 0.4) is 0 Å². The maximum Gasteiger partial charge on any atom is 0.308 e. The average Bonchev–Trinajstić information content (AvgIpc) is 2.34.